The average molecular weight is 456 g/mol. The fourth-order valence-electron chi connectivity index (χ4n) is 3.09. The number of amides is 2. The fourth-order valence-corrected chi connectivity index (χ4v) is 3.44. The van der Waals surface area contributed by atoms with Crippen LogP contribution in [0.25, 0.3) is 0 Å². The highest BCUT2D eigenvalue weighted by Crippen LogP contribution is 2.33. The van der Waals surface area contributed by atoms with E-state index < -0.39 is 12.1 Å². The van der Waals surface area contributed by atoms with E-state index in [1.807, 2.05) is 18.2 Å². The molecule has 0 fully saturated rings. The normalized spacial score (nSPS) is 16.0. The van der Waals surface area contributed by atoms with Gasteiger partial charge >= 0.3 is 6.03 Å². The number of pyridine rings is 1. The molecule has 29 heavy (non-hydrogen) atoms. The van der Waals surface area contributed by atoms with Crippen molar-refractivity contribution >= 4 is 33.6 Å². The van der Waals surface area contributed by atoms with Crippen LogP contribution in [-0.4, -0.2) is 46.4 Å². The van der Waals surface area contributed by atoms with Gasteiger partial charge in [-0.25, -0.2) is 4.79 Å². The summed E-state index contributed by atoms with van der Waals surface area (Å²) in [4.78, 5) is 30.9. The SMILES string of the molecule is CN1C(=O)[C@H](NC(=O)n2cc(Cc3ccncc3)cn2)COc2ccc(Br)cc21. The Morgan fingerprint density at radius 1 is 1.28 bits per heavy atom. The Balaban J connectivity index is 1.45. The number of nitrogens with one attached hydrogen (secondary N) is 1. The lowest BCUT2D eigenvalue weighted by Crippen LogP contribution is -2.50. The first-order valence-electron chi connectivity index (χ1n) is 8.94. The summed E-state index contributed by atoms with van der Waals surface area (Å²) >= 11 is 3.40. The maximum Gasteiger partial charge on any atom is 0.342 e. The minimum absolute atomic E-state index is 0.0364. The van der Waals surface area contributed by atoms with Crippen molar-refractivity contribution in [1.29, 1.82) is 0 Å². The van der Waals surface area contributed by atoms with Crippen LogP contribution in [0.2, 0.25) is 0 Å². The monoisotopic (exact) mass is 455 g/mol. The molecule has 2 amide bonds. The number of rotatable bonds is 3. The number of halogens is 1. The van der Waals surface area contributed by atoms with E-state index in [0.717, 1.165) is 15.6 Å². The predicted octanol–water partition coefficient (Wildman–Crippen LogP) is 2.61. The molecular weight excluding hydrogens is 438 g/mol. The van der Waals surface area contributed by atoms with Gasteiger partial charge in [0.1, 0.15) is 18.4 Å². The third kappa shape index (κ3) is 4.14. The Bertz CT molecular complexity index is 1050. The lowest BCUT2D eigenvalue weighted by Gasteiger charge is -2.20. The first-order chi connectivity index (χ1) is 14.0. The van der Waals surface area contributed by atoms with Gasteiger partial charge in [-0.3, -0.25) is 9.78 Å². The van der Waals surface area contributed by atoms with E-state index in [4.69, 9.17) is 4.74 Å². The number of aromatic nitrogens is 3. The summed E-state index contributed by atoms with van der Waals surface area (Å²) in [7, 11) is 1.65. The van der Waals surface area contributed by atoms with Crippen molar-refractivity contribution in [3.63, 3.8) is 0 Å². The van der Waals surface area contributed by atoms with Crippen LogP contribution in [0.1, 0.15) is 11.1 Å². The zero-order chi connectivity index (χ0) is 20.4. The van der Waals surface area contributed by atoms with E-state index in [1.165, 1.54) is 9.58 Å². The first-order valence-corrected chi connectivity index (χ1v) is 9.74. The highest BCUT2D eigenvalue weighted by atomic mass is 79.9. The molecule has 2 aromatic heterocycles. The van der Waals surface area contributed by atoms with Crippen molar-refractivity contribution in [2.45, 2.75) is 12.5 Å². The molecule has 3 aromatic rings. The molecule has 1 aromatic carbocycles. The number of carbonyl (C=O) groups is 2. The fraction of sp³-hybridized carbons (Fsp3) is 0.200. The number of carbonyl (C=O) groups excluding carboxylic acids is 2. The number of nitrogens with zero attached hydrogens (tertiary/aromatic N) is 4. The number of hydrogen-bond donors (Lipinski definition) is 1. The van der Waals surface area contributed by atoms with Crippen LogP contribution < -0.4 is 15.0 Å². The van der Waals surface area contributed by atoms with Crippen molar-refractivity contribution < 1.29 is 14.3 Å². The van der Waals surface area contributed by atoms with Gasteiger partial charge < -0.3 is 15.0 Å². The molecule has 8 nitrogen and oxygen atoms in total. The van der Waals surface area contributed by atoms with Crippen LogP contribution in [0, 0.1) is 0 Å². The topological polar surface area (TPSA) is 89.4 Å². The van der Waals surface area contributed by atoms with E-state index >= 15 is 0 Å². The smallest absolute Gasteiger partial charge is 0.342 e. The number of hydrogen-bond acceptors (Lipinski definition) is 5. The van der Waals surface area contributed by atoms with Gasteiger partial charge in [0, 0.05) is 36.5 Å². The molecule has 3 heterocycles. The molecule has 1 aliphatic heterocycles. The second-order valence-electron chi connectivity index (χ2n) is 6.65. The van der Waals surface area contributed by atoms with Gasteiger partial charge in [-0.2, -0.15) is 9.78 Å². The molecule has 0 unspecified atom stereocenters. The predicted molar refractivity (Wildman–Crippen MR) is 110 cm³/mol. The van der Waals surface area contributed by atoms with E-state index in [2.05, 4.69) is 31.3 Å². The van der Waals surface area contributed by atoms with Crippen molar-refractivity contribution in [2.24, 2.45) is 0 Å². The second kappa shape index (κ2) is 8.04. The first kappa shape index (κ1) is 19.1. The molecule has 0 radical (unpaired) electrons. The van der Waals surface area contributed by atoms with Gasteiger partial charge in [0.25, 0.3) is 5.91 Å². The Morgan fingerprint density at radius 2 is 2.07 bits per heavy atom. The molecule has 0 spiro atoms. The number of likely N-dealkylation sites (N-methyl/N-ethyl adjacent to an activating group) is 1. The Labute approximate surface area is 175 Å². The number of ether oxygens (including phenoxy) is 1. The maximum atomic E-state index is 12.8. The van der Waals surface area contributed by atoms with Crippen LogP contribution in [0.3, 0.4) is 0 Å². The molecule has 9 heteroatoms. The lowest BCUT2D eigenvalue weighted by molar-refractivity contribution is -0.120. The summed E-state index contributed by atoms with van der Waals surface area (Å²) in [5.74, 6) is 0.318. The van der Waals surface area contributed by atoms with Gasteiger partial charge in [-0.15, -0.1) is 0 Å². The van der Waals surface area contributed by atoms with E-state index in [9.17, 15) is 9.59 Å². The maximum absolute atomic E-state index is 12.8. The van der Waals surface area contributed by atoms with E-state index in [-0.39, 0.29) is 12.5 Å². The third-order valence-corrected chi connectivity index (χ3v) is 5.11. The quantitative estimate of drug-likeness (QED) is 0.655. The molecule has 1 atom stereocenters. The van der Waals surface area contributed by atoms with Crippen molar-refractivity contribution in [3.05, 3.63) is 70.7 Å². The highest BCUT2D eigenvalue weighted by molar-refractivity contribution is 9.10. The summed E-state index contributed by atoms with van der Waals surface area (Å²) in [6.45, 7) is 0.0364. The van der Waals surface area contributed by atoms with Gasteiger partial charge in [0.2, 0.25) is 0 Å². The molecule has 0 aliphatic carbocycles. The van der Waals surface area contributed by atoms with E-state index in [0.29, 0.717) is 17.9 Å². The van der Waals surface area contributed by atoms with Crippen LogP contribution in [0.5, 0.6) is 5.75 Å². The number of anilines is 1. The second-order valence-corrected chi connectivity index (χ2v) is 7.56. The summed E-state index contributed by atoms with van der Waals surface area (Å²) in [6.07, 6.45) is 7.35. The Kier molecular flexibility index (Phi) is 5.30. The average Bonchev–Trinajstić information content (AvgIpc) is 3.16. The lowest BCUT2D eigenvalue weighted by atomic mass is 10.1. The zero-order valence-corrected chi connectivity index (χ0v) is 17.2. The minimum Gasteiger partial charge on any atom is -0.489 e. The van der Waals surface area contributed by atoms with Crippen LogP contribution in [-0.2, 0) is 11.2 Å². The molecule has 0 saturated heterocycles. The zero-order valence-electron chi connectivity index (χ0n) is 15.6. The van der Waals surface area contributed by atoms with Crippen molar-refractivity contribution in [1.82, 2.24) is 20.1 Å². The molecular formula is C20H18BrN5O3. The molecule has 0 saturated carbocycles. The molecule has 0 bridgehead atoms. The number of fused-ring (bicyclic) bond motifs is 1. The minimum atomic E-state index is -0.827. The molecule has 4 rings (SSSR count). The summed E-state index contributed by atoms with van der Waals surface area (Å²) in [6, 6.07) is 7.92. The molecule has 1 N–H and O–H groups in total. The largest absolute Gasteiger partial charge is 0.489 e. The van der Waals surface area contributed by atoms with Crippen molar-refractivity contribution in [2.75, 3.05) is 18.6 Å². The molecule has 1 aliphatic rings. The summed E-state index contributed by atoms with van der Waals surface area (Å²) in [5.41, 5.74) is 2.59. The van der Waals surface area contributed by atoms with E-state index in [1.54, 1.807) is 44.0 Å². The van der Waals surface area contributed by atoms with Gasteiger partial charge in [-0.1, -0.05) is 15.9 Å². The Hall–Kier alpha value is -3.20. The van der Waals surface area contributed by atoms with Gasteiger partial charge in [0.15, 0.2) is 0 Å². The summed E-state index contributed by atoms with van der Waals surface area (Å²) in [5, 5.41) is 6.82. The van der Waals surface area contributed by atoms with Crippen LogP contribution in [0.15, 0.2) is 59.6 Å². The standard InChI is InChI=1S/C20H18BrN5O3/c1-25-17-9-15(21)2-3-18(17)29-12-16(19(25)27)24-20(28)26-11-14(10-23-26)8-13-4-6-22-7-5-13/h2-7,9-11,16H,8,12H2,1H3,(H,24,28)/t16-/m1/s1. The number of benzene rings is 1. The third-order valence-electron chi connectivity index (χ3n) is 4.62. The molecule has 148 valence electrons. The Morgan fingerprint density at radius 3 is 2.86 bits per heavy atom. The van der Waals surface area contributed by atoms with Crippen molar-refractivity contribution in [3.8, 4) is 5.75 Å². The summed E-state index contributed by atoms with van der Waals surface area (Å²) < 4.78 is 7.77. The van der Waals surface area contributed by atoms with Crippen LogP contribution in [0.4, 0.5) is 10.5 Å². The van der Waals surface area contributed by atoms with Crippen LogP contribution >= 0.6 is 15.9 Å². The highest BCUT2D eigenvalue weighted by Gasteiger charge is 2.31. The van der Waals surface area contributed by atoms with Gasteiger partial charge in [0.05, 0.1) is 11.9 Å². The van der Waals surface area contributed by atoms with Gasteiger partial charge in [-0.05, 0) is 41.5 Å².